The van der Waals surface area contributed by atoms with E-state index in [1.54, 1.807) is 30.3 Å². The summed E-state index contributed by atoms with van der Waals surface area (Å²) < 4.78 is 34.4. The maximum atomic E-state index is 12.5. The SMILES string of the molecule is CNC(=O)c1cccc(S(=O)(=O)NCc2cnn(-c3cccc(OC)c3)c2)c1. The minimum Gasteiger partial charge on any atom is -0.497 e. The van der Waals surface area contributed by atoms with Crippen LogP contribution in [0.2, 0.25) is 0 Å². The van der Waals surface area contributed by atoms with E-state index in [0.29, 0.717) is 11.3 Å². The molecule has 0 fully saturated rings. The lowest BCUT2D eigenvalue weighted by atomic mass is 10.2. The number of hydrogen-bond donors (Lipinski definition) is 2. The molecule has 1 aromatic heterocycles. The van der Waals surface area contributed by atoms with Crippen molar-refractivity contribution in [1.29, 1.82) is 0 Å². The van der Waals surface area contributed by atoms with Gasteiger partial charge in [0.1, 0.15) is 5.75 Å². The van der Waals surface area contributed by atoms with Crippen LogP contribution in [0.1, 0.15) is 15.9 Å². The number of carbonyl (C=O) groups excluding carboxylic acids is 1. The second kappa shape index (κ2) is 8.24. The highest BCUT2D eigenvalue weighted by molar-refractivity contribution is 7.89. The maximum absolute atomic E-state index is 12.5. The fraction of sp³-hybridized carbons (Fsp3) is 0.158. The van der Waals surface area contributed by atoms with Gasteiger partial charge in [-0.05, 0) is 30.3 Å². The highest BCUT2D eigenvalue weighted by Gasteiger charge is 2.16. The van der Waals surface area contributed by atoms with Crippen LogP contribution < -0.4 is 14.8 Å². The number of amides is 1. The topological polar surface area (TPSA) is 102 Å². The number of sulfonamides is 1. The second-order valence-corrected chi connectivity index (χ2v) is 7.69. The first kappa shape index (κ1) is 19.6. The van der Waals surface area contributed by atoms with Gasteiger partial charge in [0.05, 0.1) is 23.9 Å². The Bertz CT molecular complexity index is 1090. The van der Waals surface area contributed by atoms with E-state index >= 15 is 0 Å². The molecular formula is C19H20N4O4S. The molecule has 0 spiro atoms. The van der Waals surface area contributed by atoms with Crippen LogP contribution in [-0.2, 0) is 16.6 Å². The molecule has 0 atom stereocenters. The number of nitrogens with one attached hydrogen (secondary N) is 2. The number of rotatable bonds is 7. The average molecular weight is 400 g/mol. The molecular weight excluding hydrogens is 380 g/mol. The van der Waals surface area contributed by atoms with Gasteiger partial charge in [-0.2, -0.15) is 5.10 Å². The molecule has 2 N–H and O–H groups in total. The molecule has 0 unspecified atom stereocenters. The van der Waals surface area contributed by atoms with Gasteiger partial charge in [-0.1, -0.05) is 12.1 Å². The Balaban J connectivity index is 1.73. The van der Waals surface area contributed by atoms with Crippen molar-refractivity contribution in [2.24, 2.45) is 0 Å². The summed E-state index contributed by atoms with van der Waals surface area (Å²) in [6.45, 7) is 0.0660. The third kappa shape index (κ3) is 4.38. The zero-order valence-corrected chi connectivity index (χ0v) is 16.2. The lowest BCUT2D eigenvalue weighted by Crippen LogP contribution is -2.24. The molecule has 0 saturated heterocycles. The minimum atomic E-state index is -3.78. The van der Waals surface area contributed by atoms with Crippen molar-refractivity contribution in [1.82, 2.24) is 19.8 Å². The van der Waals surface area contributed by atoms with E-state index in [2.05, 4.69) is 15.1 Å². The van der Waals surface area contributed by atoms with Crippen molar-refractivity contribution in [3.05, 3.63) is 72.1 Å². The van der Waals surface area contributed by atoms with Crippen LogP contribution in [0.5, 0.6) is 5.75 Å². The summed E-state index contributed by atoms with van der Waals surface area (Å²) in [4.78, 5) is 11.7. The monoisotopic (exact) mass is 400 g/mol. The normalized spacial score (nSPS) is 11.2. The fourth-order valence-corrected chi connectivity index (χ4v) is 3.62. The summed E-state index contributed by atoms with van der Waals surface area (Å²) in [5, 5.41) is 6.73. The van der Waals surface area contributed by atoms with Gasteiger partial charge in [-0.3, -0.25) is 4.79 Å². The van der Waals surface area contributed by atoms with E-state index in [9.17, 15) is 13.2 Å². The van der Waals surface area contributed by atoms with Crippen molar-refractivity contribution in [3.8, 4) is 11.4 Å². The zero-order valence-electron chi connectivity index (χ0n) is 15.4. The quantitative estimate of drug-likeness (QED) is 0.629. The summed E-state index contributed by atoms with van der Waals surface area (Å²) >= 11 is 0. The standard InChI is InChI=1S/C19H20N4O4S/c1-20-19(24)15-5-3-8-18(9-15)28(25,26)22-12-14-11-21-23(13-14)16-6-4-7-17(10-16)27-2/h3-11,13,22H,12H2,1-2H3,(H,20,24). The maximum Gasteiger partial charge on any atom is 0.251 e. The van der Waals surface area contributed by atoms with E-state index in [-0.39, 0.29) is 22.9 Å². The summed E-state index contributed by atoms with van der Waals surface area (Å²) in [7, 11) is -0.703. The smallest absolute Gasteiger partial charge is 0.251 e. The van der Waals surface area contributed by atoms with Gasteiger partial charge >= 0.3 is 0 Å². The lowest BCUT2D eigenvalue weighted by Gasteiger charge is -2.07. The Morgan fingerprint density at radius 1 is 1.18 bits per heavy atom. The minimum absolute atomic E-state index is 0.0220. The molecule has 0 aliphatic carbocycles. The molecule has 8 nitrogen and oxygen atoms in total. The average Bonchev–Trinajstić information content (AvgIpc) is 3.21. The number of aromatic nitrogens is 2. The Hall–Kier alpha value is -3.17. The molecule has 0 aliphatic heterocycles. The van der Waals surface area contributed by atoms with Crippen LogP contribution >= 0.6 is 0 Å². The van der Waals surface area contributed by atoms with Crippen LogP contribution in [0.4, 0.5) is 0 Å². The largest absolute Gasteiger partial charge is 0.497 e. The predicted octanol–water partition coefficient (Wildman–Crippen LogP) is 1.72. The molecule has 3 aromatic rings. The number of benzene rings is 2. The molecule has 146 valence electrons. The summed E-state index contributed by atoms with van der Waals surface area (Å²) in [6, 6.07) is 13.2. The highest BCUT2D eigenvalue weighted by Crippen LogP contribution is 2.17. The van der Waals surface area contributed by atoms with Crippen molar-refractivity contribution >= 4 is 15.9 Å². The van der Waals surface area contributed by atoms with Gasteiger partial charge in [-0.25, -0.2) is 17.8 Å². The molecule has 2 aromatic carbocycles. The molecule has 0 bridgehead atoms. The Kier molecular flexibility index (Phi) is 5.76. The number of methoxy groups -OCH3 is 1. The molecule has 1 amide bonds. The van der Waals surface area contributed by atoms with Crippen LogP contribution in [0.15, 0.2) is 65.8 Å². The Labute approximate surface area is 163 Å². The van der Waals surface area contributed by atoms with Gasteiger partial charge in [0.25, 0.3) is 5.91 Å². The molecule has 0 aliphatic rings. The van der Waals surface area contributed by atoms with E-state index < -0.39 is 10.0 Å². The Morgan fingerprint density at radius 2 is 1.96 bits per heavy atom. The van der Waals surface area contributed by atoms with Crippen molar-refractivity contribution in [2.45, 2.75) is 11.4 Å². The van der Waals surface area contributed by atoms with Crippen LogP contribution in [0, 0.1) is 0 Å². The molecule has 0 radical (unpaired) electrons. The van der Waals surface area contributed by atoms with E-state index in [1.165, 1.54) is 25.2 Å². The van der Waals surface area contributed by atoms with Gasteiger partial charge in [-0.15, -0.1) is 0 Å². The van der Waals surface area contributed by atoms with Crippen molar-refractivity contribution in [2.75, 3.05) is 14.2 Å². The zero-order chi connectivity index (χ0) is 20.1. The van der Waals surface area contributed by atoms with Gasteiger partial charge < -0.3 is 10.1 Å². The summed E-state index contributed by atoms with van der Waals surface area (Å²) in [6.07, 6.45) is 3.32. The van der Waals surface area contributed by atoms with Crippen LogP contribution in [-0.4, -0.2) is 38.3 Å². The van der Waals surface area contributed by atoms with Crippen LogP contribution in [0.3, 0.4) is 0 Å². The molecule has 9 heteroatoms. The Morgan fingerprint density at radius 3 is 2.71 bits per heavy atom. The van der Waals surface area contributed by atoms with Crippen molar-refractivity contribution in [3.63, 3.8) is 0 Å². The first-order chi connectivity index (χ1) is 13.4. The number of carbonyl (C=O) groups is 1. The van der Waals surface area contributed by atoms with Gasteiger partial charge in [0.2, 0.25) is 10.0 Å². The third-order valence-corrected chi connectivity index (χ3v) is 5.45. The summed E-state index contributed by atoms with van der Waals surface area (Å²) in [5.74, 6) is 0.350. The predicted molar refractivity (Wildman–Crippen MR) is 104 cm³/mol. The second-order valence-electron chi connectivity index (χ2n) is 5.93. The molecule has 3 rings (SSSR count). The van der Waals surface area contributed by atoms with Crippen molar-refractivity contribution < 1.29 is 17.9 Å². The molecule has 1 heterocycles. The van der Waals surface area contributed by atoms with Crippen LogP contribution in [0.25, 0.3) is 5.69 Å². The van der Waals surface area contributed by atoms with Gasteiger partial charge in [0, 0.05) is 37.0 Å². The van der Waals surface area contributed by atoms with E-state index in [0.717, 1.165) is 5.69 Å². The molecule has 0 saturated carbocycles. The summed E-state index contributed by atoms with van der Waals surface area (Å²) in [5.41, 5.74) is 1.76. The number of nitrogens with zero attached hydrogens (tertiary/aromatic N) is 2. The fourth-order valence-electron chi connectivity index (χ4n) is 2.56. The number of hydrogen-bond acceptors (Lipinski definition) is 5. The highest BCUT2D eigenvalue weighted by atomic mass is 32.2. The third-order valence-electron chi connectivity index (χ3n) is 4.05. The lowest BCUT2D eigenvalue weighted by molar-refractivity contribution is 0.0963. The molecule has 28 heavy (non-hydrogen) atoms. The van der Waals surface area contributed by atoms with Gasteiger partial charge in [0.15, 0.2) is 0 Å². The number of ether oxygens (including phenoxy) is 1. The first-order valence-corrected chi connectivity index (χ1v) is 9.91. The van der Waals surface area contributed by atoms with E-state index in [4.69, 9.17) is 4.74 Å². The van der Waals surface area contributed by atoms with E-state index in [1.807, 2.05) is 24.3 Å². The first-order valence-electron chi connectivity index (χ1n) is 8.43.